The number of ether oxygens (including phenoxy) is 1. The predicted octanol–water partition coefficient (Wildman–Crippen LogP) is 5.23. The highest BCUT2D eigenvalue weighted by Gasteiger charge is 2.26. The molecule has 0 heterocycles. The van der Waals surface area contributed by atoms with Crippen molar-refractivity contribution in [2.75, 3.05) is 6.61 Å². The summed E-state index contributed by atoms with van der Waals surface area (Å²) in [6.45, 7) is 1.84. The average molecular weight is 447 g/mol. The SMILES string of the molecule is CCOC(=O)CC(c1cc(Cl)cc(Cl)c1)N(O)OSc1cccc([N+](=O)[O-])c1. The Balaban J connectivity index is 2.18. The van der Waals surface area contributed by atoms with E-state index < -0.39 is 16.9 Å². The van der Waals surface area contributed by atoms with Gasteiger partial charge in [0.05, 0.1) is 36.0 Å². The van der Waals surface area contributed by atoms with Crippen molar-refractivity contribution in [1.82, 2.24) is 5.23 Å². The van der Waals surface area contributed by atoms with Gasteiger partial charge in [-0.3, -0.25) is 20.1 Å². The van der Waals surface area contributed by atoms with Crippen LogP contribution in [0, 0.1) is 10.1 Å². The Morgan fingerprint density at radius 1 is 1.29 bits per heavy atom. The molecule has 0 aromatic heterocycles. The summed E-state index contributed by atoms with van der Waals surface area (Å²) in [4.78, 5) is 22.6. The summed E-state index contributed by atoms with van der Waals surface area (Å²) in [5.41, 5.74) is 0.301. The van der Waals surface area contributed by atoms with Crippen LogP contribution in [-0.2, 0) is 13.8 Å². The van der Waals surface area contributed by atoms with Crippen LogP contribution in [0.5, 0.6) is 0 Å². The van der Waals surface area contributed by atoms with E-state index in [0.717, 1.165) is 0 Å². The first kappa shape index (κ1) is 22.4. The molecule has 2 rings (SSSR count). The van der Waals surface area contributed by atoms with Gasteiger partial charge < -0.3 is 4.74 Å². The predicted molar refractivity (Wildman–Crippen MR) is 104 cm³/mol. The molecule has 0 fully saturated rings. The van der Waals surface area contributed by atoms with E-state index in [1.807, 2.05) is 0 Å². The Kier molecular flexibility index (Phi) is 8.49. The van der Waals surface area contributed by atoms with Crippen LogP contribution in [-0.4, -0.2) is 27.9 Å². The zero-order chi connectivity index (χ0) is 20.7. The topological polar surface area (TPSA) is 102 Å². The Morgan fingerprint density at radius 3 is 2.57 bits per heavy atom. The Morgan fingerprint density at radius 2 is 1.96 bits per heavy atom. The van der Waals surface area contributed by atoms with E-state index in [1.54, 1.807) is 13.0 Å². The van der Waals surface area contributed by atoms with Gasteiger partial charge in [0.25, 0.3) is 5.69 Å². The molecule has 0 radical (unpaired) electrons. The summed E-state index contributed by atoms with van der Waals surface area (Å²) in [5.74, 6) is -0.563. The van der Waals surface area contributed by atoms with E-state index in [2.05, 4.69) is 0 Å². The number of hydrogen-bond donors (Lipinski definition) is 1. The molecule has 1 atom stereocenters. The summed E-state index contributed by atoms with van der Waals surface area (Å²) < 4.78 is 10.2. The number of halogens is 2. The molecule has 2 aromatic carbocycles. The monoisotopic (exact) mass is 446 g/mol. The molecular weight excluding hydrogens is 431 g/mol. The van der Waals surface area contributed by atoms with Crippen LogP contribution in [0.25, 0.3) is 0 Å². The highest BCUT2D eigenvalue weighted by atomic mass is 35.5. The van der Waals surface area contributed by atoms with Gasteiger partial charge in [-0.2, -0.15) is 4.28 Å². The van der Waals surface area contributed by atoms with Crippen molar-refractivity contribution >= 4 is 46.9 Å². The second kappa shape index (κ2) is 10.6. The van der Waals surface area contributed by atoms with Crippen molar-refractivity contribution in [2.45, 2.75) is 24.3 Å². The molecule has 11 heteroatoms. The molecule has 0 aliphatic carbocycles. The summed E-state index contributed by atoms with van der Waals surface area (Å²) in [7, 11) is 0. The lowest BCUT2D eigenvalue weighted by Gasteiger charge is -2.24. The maximum atomic E-state index is 11.9. The van der Waals surface area contributed by atoms with E-state index in [9.17, 15) is 20.1 Å². The number of rotatable bonds is 9. The Hall–Kier alpha value is -1.88. The third kappa shape index (κ3) is 6.62. The molecule has 1 unspecified atom stereocenters. The highest BCUT2D eigenvalue weighted by Crippen LogP contribution is 2.32. The highest BCUT2D eigenvalue weighted by molar-refractivity contribution is 7.94. The fourth-order valence-electron chi connectivity index (χ4n) is 2.25. The summed E-state index contributed by atoms with van der Waals surface area (Å²) >= 11 is 12.7. The first-order valence-electron chi connectivity index (χ1n) is 7.99. The standard InChI is InChI=1S/C17H16Cl2N2O6S/c1-2-26-17(22)10-16(11-6-12(18)8-13(19)7-11)21(25)27-28-15-5-3-4-14(9-15)20(23)24/h3-9,16,25H,2,10H2,1H3. The zero-order valence-electron chi connectivity index (χ0n) is 14.6. The van der Waals surface area contributed by atoms with Crippen molar-refractivity contribution in [1.29, 1.82) is 0 Å². The Bertz CT molecular complexity index is 834. The molecule has 0 bridgehead atoms. The van der Waals surface area contributed by atoms with E-state index in [-0.39, 0.29) is 18.7 Å². The van der Waals surface area contributed by atoms with Crippen LogP contribution in [0.4, 0.5) is 5.69 Å². The van der Waals surface area contributed by atoms with Crippen molar-refractivity contribution in [3.05, 3.63) is 68.2 Å². The fraction of sp³-hybridized carbons (Fsp3) is 0.235. The second-order valence-electron chi connectivity index (χ2n) is 5.44. The molecule has 0 aliphatic heterocycles. The lowest BCUT2D eigenvalue weighted by molar-refractivity contribution is -0.385. The third-order valence-electron chi connectivity index (χ3n) is 3.44. The van der Waals surface area contributed by atoms with E-state index in [1.165, 1.54) is 36.4 Å². The number of nitro benzene ring substituents is 1. The third-order valence-corrected chi connectivity index (χ3v) is 4.55. The molecule has 0 saturated heterocycles. The van der Waals surface area contributed by atoms with Crippen LogP contribution in [0.1, 0.15) is 24.9 Å². The minimum absolute atomic E-state index is 0.122. The van der Waals surface area contributed by atoms with Crippen molar-refractivity contribution < 1.29 is 23.9 Å². The lowest BCUT2D eigenvalue weighted by atomic mass is 10.0. The van der Waals surface area contributed by atoms with E-state index in [4.69, 9.17) is 32.2 Å². The molecule has 1 N–H and O–H groups in total. The average Bonchev–Trinajstić information content (AvgIpc) is 2.63. The number of benzene rings is 2. The first-order valence-corrected chi connectivity index (χ1v) is 9.48. The number of non-ortho nitro benzene ring substituents is 1. The van der Waals surface area contributed by atoms with Crippen LogP contribution >= 0.6 is 35.2 Å². The van der Waals surface area contributed by atoms with Crippen LogP contribution in [0.3, 0.4) is 0 Å². The van der Waals surface area contributed by atoms with E-state index >= 15 is 0 Å². The number of nitro groups is 1. The number of esters is 1. The van der Waals surface area contributed by atoms with Gasteiger partial charge in [0.15, 0.2) is 0 Å². The molecule has 0 amide bonds. The zero-order valence-corrected chi connectivity index (χ0v) is 16.9. The minimum Gasteiger partial charge on any atom is -0.466 e. The van der Waals surface area contributed by atoms with Gasteiger partial charge in [0, 0.05) is 27.1 Å². The molecule has 2 aromatic rings. The minimum atomic E-state index is -0.971. The molecule has 8 nitrogen and oxygen atoms in total. The Labute approximate surface area is 175 Å². The number of carbonyl (C=O) groups is 1. The number of carbonyl (C=O) groups excluding carboxylic acids is 1. The normalized spacial score (nSPS) is 12.0. The van der Waals surface area contributed by atoms with Crippen LogP contribution < -0.4 is 0 Å². The number of nitrogens with zero attached hydrogens (tertiary/aromatic N) is 2. The summed E-state index contributed by atoms with van der Waals surface area (Å²) in [6.07, 6.45) is -0.240. The van der Waals surface area contributed by atoms with Crippen molar-refractivity contribution in [2.24, 2.45) is 0 Å². The smallest absolute Gasteiger partial charge is 0.307 e. The van der Waals surface area contributed by atoms with Crippen LogP contribution in [0.15, 0.2) is 47.4 Å². The molecule has 28 heavy (non-hydrogen) atoms. The van der Waals surface area contributed by atoms with Gasteiger partial charge in [-0.05, 0) is 42.0 Å². The molecule has 0 saturated carbocycles. The van der Waals surface area contributed by atoms with Gasteiger partial charge in [-0.15, -0.1) is 0 Å². The van der Waals surface area contributed by atoms with Gasteiger partial charge in [-0.25, -0.2) is 0 Å². The largest absolute Gasteiger partial charge is 0.466 e. The summed E-state index contributed by atoms with van der Waals surface area (Å²) in [5, 5.41) is 22.3. The van der Waals surface area contributed by atoms with Crippen molar-refractivity contribution in [3.63, 3.8) is 0 Å². The molecule has 0 aliphatic rings. The number of hydroxylamine groups is 2. The first-order chi connectivity index (χ1) is 13.3. The fourth-order valence-corrected chi connectivity index (χ4v) is 3.36. The molecule has 0 spiro atoms. The van der Waals surface area contributed by atoms with Crippen molar-refractivity contribution in [3.8, 4) is 0 Å². The second-order valence-corrected chi connectivity index (χ2v) is 7.10. The molecular formula is C17H16Cl2N2O6S. The number of hydrogen-bond acceptors (Lipinski definition) is 8. The van der Waals surface area contributed by atoms with Gasteiger partial charge in [0.2, 0.25) is 0 Å². The van der Waals surface area contributed by atoms with E-state index in [0.29, 0.717) is 37.8 Å². The van der Waals surface area contributed by atoms with Gasteiger partial charge >= 0.3 is 5.97 Å². The lowest BCUT2D eigenvalue weighted by Crippen LogP contribution is -2.26. The molecule has 150 valence electrons. The van der Waals surface area contributed by atoms with Gasteiger partial charge in [-0.1, -0.05) is 29.3 Å². The van der Waals surface area contributed by atoms with Crippen LogP contribution in [0.2, 0.25) is 10.0 Å². The maximum Gasteiger partial charge on any atom is 0.307 e. The van der Waals surface area contributed by atoms with Gasteiger partial charge in [0.1, 0.15) is 0 Å². The quantitative estimate of drug-likeness (QED) is 0.241. The maximum absolute atomic E-state index is 11.9. The summed E-state index contributed by atoms with van der Waals surface area (Å²) in [6, 6.07) is 9.27.